The number of hydrogen-bond acceptors (Lipinski definition) is 3. The third-order valence-corrected chi connectivity index (χ3v) is 3.13. The van der Waals surface area contributed by atoms with Crippen LogP contribution in [-0.2, 0) is 6.61 Å². The Balaban J connectivity index is 2.23. The molecule has 4 heteroatoms. The second kappa shape index (κ2) is 5.67. The summed E-state index contributed by atoms with van der Waals surface area (Å²) < 4.78 is 6.43. The molecule has 0 atom stereocenters. The average molecular weight is 304 g/mol. The molecule has 0 aliphatic carbocycles. The molecule has 0 heterocycles. The fourth-order valence-electron chi connectivity index (χ4n) is 1.48. The Labute approximate surface area is 113 Å². The van der Waals surface area contributed by atoms with E-state index in [2.05, 4.69) is 22.0 Å². The molecule has 90 valence electrons. The zero-order valence-electron chi connectivity index (χ0n) is 9.43. The first kappa shape index (κ1) is 12.6. The van der Waals surface area contributed by atoms with Crippen molar-refractivity contribution in [2.75, 3.05) is 0 Å². The van der Waals surface area contributed by atoms with Gasteiger partial charge in [0.05, 0.1) is 18.2 Å². The van der Waals surface area contributed by atoms with Crippen molar-refractivity contribution in [2.24, 2.45) is 0 Å². The van der Waals surface area contributed by atoms with E-state index in [0.717, 1.165) is 10.0 Å². The molecule has 18 heavy (non-hydrogen) atoms. The molecule has 0 amide bonds. The fourth-order valence-corrected chi connectivity index (χ4v) is 1.97. The monoisotopic (exact) mass is 303 g/mol. The first-order valence-corrected chi connectivity index (χ1v) is 6.09. The van der Waals surface area contributed by atoms with Gasteiger partial charge in [-0.15, -0.1) is 0 Å². The molecule has 0 aliphatic rings. The lowest BCUT2D eigenvalue weighted by Crippen LogP contribution is -1.88. The summed E-state index contributed by atoms with van der Waals surface area (Å²) in [5, 5.41) is 17.9. The average Bonchev–Trinajstić information content (AvgIpc) is 2.39. The topological polar surface area (TPSA) is 53.2 Å². The van der Waals surface area contributed by atoms with Crippen LogP contribution in [-0.4, -0.2) is 5.11 Å². The molecule has 0 spiro atoms. The van der Waals surface area contributed by atoms with Crippen LogP contribution in [0.3, 0.4) is 0 Å². The summed E-state index contributed by atoms with van der Waals surface area (Å²) in [5.74, 6) is 1.26. The maximum atomic E-state index is 9.06. The summed E-state index contributed by atoms with van der Waals surface area (Å²) in [6.45, 7) is -0.0230. The van der Waals surface area contributed by atoms with E-state index in [1.54, 1.807) is 42.5 Å². The van der Waals surface area contributed by atoms with Gasteiger partial charge in [-0.3, -0.25) is 0 Å². The standard InChI is InChI=1S/C14H10BrNO2/c15-14-7-13(5-4-11(14)9-17)18-12-3-1-2-10(6-12)8-16/h1-7,17H,9H2. The van der Waals surface area contributed by atoms with Crippen LogP contribution in [0, 0.1) is 11.3 Å². The number of aliphatic hydroxyl groups is 1. The summed E-state index contributed by atoms with van der Waals surface area (Å²) in [7, 11) is 0. The minimum Gasteiger partial charge on any atom is -0.457 e. The Bertz CT molecular complexity index is 605. The molecular weight excluding hydrogens is 294 g/mol. The van der Waals surface area contributed by atoms with Crippen molar-refractivity contribution in [3.05, 3.63) is 58.1 Å². The zero-order chi connectivity index (χ0) is 13.0. The number of ether oxygens (including phenoxy) is 1. The van der Waals surface area contributed by atoms with Crippen molar-refractivity contribution in [3.63, 3.8) is 0 Å². The van der Waals surface area contributed by atoms with Crippen molar-refractivity contribution in [3.8, 4) is 17.6 Å². The molecule has 2 rings (SSSR count). The zero-order valence-corrected chi connectivity index (χ0v) is 11.0. The summed E-state index contributed by atoms with van der Waals surface area (Å²) in [6.07, 6.45) is 0. The Hall–Kier alpha value is -1.83. The summed E-state index contributed by atoms with van der Waals surface area (Å²) in [5.41, 5.74) is 1.35. The Kier molecular flexibility index (Phi) is 3.98. The van der Waals surface area contributed by atoms with Gasteiger partial charge in [0.1, 0.15) is 11.5 Å². The first-order valence-electron chi connectivity index (χ1n) is 5.30. The molecule has 1 N–H and O–H groups in total. The van der Waals surface area contributed by atoms with Crippen LogP contribution in [0.2, 0.25) is 0 Å². The maximum absolute atomic E-state index is 9.06. The molecule has 0 fully saturated rings. The van der Waals surface area contributed by atoms with Gasteiger partial charge in [0.25, 0.3) is 0 Å². The second-order valence-electron chi connectivity index (χ2n) is 3.65. The smallest absolute Gasteiger partial charge is 0.128 e. The van der Waals surface area contributed by atoms with Gasteiger partial charge in [-0.1, -0.05) is 28.1 Å². The Morgan fingerprint density at radius 2 is 1.94 bits per heavy atom. The lowest BCUT2D eigenvalue weighted by Gasteiger charge is -2.08. The molecular formula is C14H10BrNO2. The van der Waals surface area contributed by atoms with Crippen LogP contribution in [0.1, 0.15) is 11.1 Å². The highest BCUT2D eigenvalue weighted by atomic mass is 79.9. The van der Waals surface area contributed by atoms with Crippen LogP contribution in [0.25, 0.3) is 0 Å². The largest absolute Gasteiger partial charge is 0.457 e. The van der Waals surface area contributed by atoms with E-state index < -0.39 is 0 Å². The molecule has 2 aromatic carbocycles. The van der Waals surface area contributed by atoms with Gasteiger partial charge in [0, 0.05) is 4.47 Å². The Morgan fingerprint density at radius 3 is 2.61 bits per heavy atom. The van der Waals surface area contributed by atoms with Gasteiger partial charge in [-0.2, -0.15) is 5.26 Å². The lowest BCUT2D eigenvalue weighted by atomic mass is 10.2. The fraction of sp³-hybridized carbons (Fsp3) is 0.0714. The molecule has 2 aromatic rings. The number of nitrogens with zero attached hydrogens (tertiary/aromatic N) is 1. The quantitative estimate of drug-likeness (QED) is 0.942. The second-order valence-corrected chi connectivity index (χ2v) is 4.51. The highest BCUT2D eigenvalue weighted by Gasteiger charge is 2.03. The number of nitriles is 1. The summed E-state index contributed by atoms with van der Waals surface area (Å²) in [4.78, 5) is 0. The first-order chi connectivity index (χ1) is 8.72. The van der Waals surface area contributed by atoms with Crippen molar-refractivity contribution < 1.29 is 9.84 Å². The van der Waals surface area contributed by atoms with Gasteiger partial charge in [-0.05, 0) is 35.9 Å². The Morgan fingerprint density at radius 1 is 1.17 bits per heavy atom. The van der Waals surface area contributed by atoms with Crippen LogP contribution in [0.15, 0.2) is 46.9 Å². The molecule has 0 aromatic heterocycles. The molecule has 0 saturated carbocycles. The number of benzene rings is 2. The van der Waals surface area contributed by atoms with Crippen LogP contribution >= 0.6 is 15.9 Å². The van der Waals surface area contributed by atoms with Crippen LogP contribution in [0.4, 0.5) is 0 Å². The van der Waals surface area contributed by atoms with Crippen molar-refractivity contribution in [1.29, 1.82) is 5.26 Å². The SMILES string of the molecule is N#Cc1cccc(Oc2ccc(CO)c(Br)c2)c1. The summed E-state index contributed by atoms with van der Waals surface area (Å²) in [6, 6.07) is 14.4. The number of halogens is 1. The van der Waals surface area contributed by atoms with E-state index in [4.69, 9.17) is 15.1 Å². The van der Waals surface area contributed by atoms with Gasteiger partial charge >= 0.3 is 0 Å². The third-order valence-electron chi connectivity index (χ3n) is 2.39. The third kappa shape index (κ3) is 2.89. The predicted octanol–water partition coefficient (Wildman–Crippen LogP) is 3.61. The van der Waals surface area contributed by atoms with Crippen molar-refractivity contribution >= 4 is 15.9 Å². The number of aliphatic hydroxyl groups excluding tert-OH is 1. The van der Waals surface area contributed by atoms with Crippen LogP contribution < -0.4 is 4.74 Å². The van der Waals surface area contributed by atoms with Crippen molar-refractivity contribution in [2.45, 2.75) is 6.61 Å². The summed E-state index contributed by atoms with van der Waals surface area (Å²) >= 11 is 3.36. The van der Waals surface area contributed by atoms with E-state index in [1.165, 1.54) is 0 Å². The number of rotatable bonds is 3. The molecule has 0 saturated heterocycles. The van der Waals surface area contributed by atoms with E-state index in [0.29, 0.717) is 17.1 Å². The van der Waals surface area contributed by atoms with Gasteiger partial charge in [0.2, 0.25) is 0 Å². The van der Waals surface area contributed by atoms with Gasteiger partial charge < -0.3 is 9.84 Å². The van der Waals surface area contributed by atoms with E-state index >= 15 is 0 Å². The lowest BCUT2D eigenvalue weighted by molar-refractivity contribution is 0.281. The highest BCUT2D eigenvalue weighted by molar-refractivity contribution is 9.10. The van der Waals surface area contributed by atoms with E-state index in [1.807, 2.05) is 0 Å². The van der Waals surface area contributed by atoms with Gasteiger partial charge in [-0.25, -0.2) is 0 Å². The van der Waals surface area contributed by atoms with E-state index in [9.17, 15) is 0 Å². The minimum absolute atomic E-state index is 0.0230. The molecule has 3 nitrogen and oxygen atoms in total. The molecule has 0 bridgehead atoms. The normalized spacial score (nSPS) is 9.83. The molecule has 0 aliphatic heterocycles. The molecule has 0 radical (unpaired) electrons. The maximum Gasteiger partial charge on any atom is 0.128 e. The highest BCUT2D eigenvalue weighted by Crippen LogP contribution is 2.27. The van der Waals surface area contributed by atoms with Gasteiger partial charge in [0.15, 0.2) is 0 Å². The molecule has 0 unspecified atom stereocenters. The van der Waals surface area contributed by atoms with E-state index in [-0.39, 0.29) is 6.61 Å². The minimum atomic E-state index is -0.0230. The van der Waals surface area contributed by atoms with Crippen LogP contribution in [0.5, 0.6) is 11.5 Å². The predicted molar refractivity (Wildman–Crippen MR) is 71.3 cm³/mol. The number of hydrogen-bond donors (Lipinski definition) is 1. The van der Waals surface area contributed by atoms with Crippen molar-refractivity contribution in [1.82, 2.24) is 0 Å².